The molecule has 10 heteroatoms. The van der Waals surface area contributed by atoms with Gasteiger partial charge in [-0.2, -0.15) is 0 Å². The van der Waals surface area contributed by atoms with Gasteiger partial charge in [0.2, 0.25) is 5.91 Å². The molecule has 2 aromatic rings. The Morgan fingerprint density at radius 2 is 1.79 bits per heavy atom. The quantitative estimate of drug-likeness (QED) is 0.634. The zero-order chi connectivity index (χ0) is 24.0. The molecule has 0 aromatic carbocycles. The van der Waals surface area contributed by atoms with E-state index < -0.39 is 17.4 Å². The first-order valence-corrected chi connectivity index (χ1v) is 10.8. The third-order valence-electron chi connectivity index (χ3n) is 5.14. The van der Waals surface area contributed by atoms with Crippen LogP contribution in [0.1, 0.15) is 44.1 Å². The molecule has 0 saturated carbocycles. The van der Waals surface area contributed by atoms with Crippen LogP contribution in [0.4, 0.5) is 10.6 Å². The van der Waals surface area contributed by atoms with Crippen LogP contribution in [0.3, 0.4) is 0 Å². The molecule has 4 amide bonds. The van der Waals surface area contributed by atoms with Crippen molar-refractivity contribution in [1.82, 2.24) is 25.5 Å². The summed E-state index contributed by atoms with van der Waals surface area (Å²) in [5.41, 5.74) is -0.409. The summed E-state index contributed by atoms with van der Waals surface area (Å²) in [7, 11) is 2.07. The van der Waals surface area contributed by atoms with E-state index in [2.05, 4.69) is 37.9 Å². The van der Waals surface area contributed by atoms with Gasteiger partial charge in [0.25, 0.3) is 5.91 Å². The van der Waals surface area contributed by atoms with E-state index in [1.807, 2.05) is 0 Å². The van der Waals surface area contributed by atoms with Gasteiger partial charge in [-0.05, 0) is 51.2 Å². The first kappa shape index (κ1) is 24.1. The molecule has 3 rings (SSSR count). The Balaban J connectivity index is 1.55. The zero-order valence-electron chi connectivity index (χ0n) is 19.3. The van der Waals surface area contributed by atoms with E-state index in [1.165, 1.54) is 12.4 Å². The molecule has 176 valence electrons. The minimum Gasteiger partial charge on any atom is -0.456 e. The van der Waals surface area contributed by atoms with Crippen LogP contribution >= 0.6 is 0 Å². The van der Waals surface area contributed by atoms with Crippen molar-refractivity contribution < 1.29 is 19.1 Å². The number of imide groups is 1. The first-order valence-electron chi connectivity index (χ1n) is 10.8. The summed E-state index contributed by atoms with van der Waals surface area (Å²) < 4.78 is 5.77. The van der Waals surface area contributed by atoms with Crippen molar-refractivity contribution in [3.63, 3.8) is 0 Å². The van der Waals surface area contributed by atoms with Crippen molar-refractivity contribution in [3.05, 3.63) is 42.4 Å². The van der Waals surface area contributed by atoms with Crippen LogP contribution in [0.2, 0.25) is 0 Å². The summed E-state index contributed by atoms with van der Waals surface area (Å²) >= 11 is 0. The van der Waals surface area contributed by atoms with E-state index in [-0.39, 0.29) is 23.5 Å². The molecule has 33 heavy (non-hydrogen) atoms. The Morgan fingerprint density at radius 3 is 2.42 bits per heavy atom. The number of urea groups is 1. The van der Waals surface area contributed by atoms with E-state index in [1.54, 1.807) is 45.0 Å². The number of ether oxygens (including phenoxy) is 1. The lowest BCUT2D eigenvalue weighted by Crippen LogP contribution is -2.43. The summed E-state index contributed by atoms with van der Waals surface area (Å²) in [5.74, 6) is 0.487. The second kappa shape index (κ2) is 10.4. The Hall–Kier alpha value is -3.53. The smallest absolute Gasteiger partial charge is 0.327 e. The monoisotopic (exact) mass is 454 g/mol. The number of aromatic nitrogens is 2. The van der Waals surface area contributed by atoms with Crippen molar-refractivity contribution in [2.75, 3.05) is 25.5 Å². The van der Waals surface area contributed by atoms with E-state index in [4.69, 9.17) is 4.74 Å². The average Bonchev–Trinajstić information content (AvgIpc) is 2.76. The molecular formula is C23H30N6O4. The van der Waals surface area contributed by atoms with Crippen LogP contribution in [0.5, 0.6) is 11.5 Å². The number of nitrogens with zero attached hydrogens (tertiary/aromatic N) is 3. The highest BCUT2D eigenvalue weighted by atomic mass is 16.5. The Labute approximate surface area is 193 Å². The highest BCUT2D eigenvalue weighted by Gasteiger charge is 2.23. The summed E-state index contributed by atoms with van der Waals surface area (Å²) in [6.07, 6.45) is 4.76. The molecule has 1 fully saturated rings. The highest BCUT2D eigenvalue weighted by molar-refractivity contribution is 6.02. The average molecular weight is 455 g/mol. The molecule has 0 unspecified atom stereocenters. The molecule has 10 nitrogen and oxygen atoms in total. The van der Waals surface area contributed by atoms with E-state index in [9.17, 15) is 14.4 Å². The molecular weight excluding hydrogens is 424 g/mol. The number of rotatable bonds is 5. The van der Waals surface area contributed by atoms with Gasteiger partial charge < -0.3 is 15.0 Å². The maximum Gasteiger partial charge on any atom is 0.327 e. The van der Waals surface area contributed by atoms with Gasteiger partial charge in [-0.15, -0.1) is 0 Å². The Bertz CT molecular complexity index is 995. The van der Waals surface area contributed by atoms with E-state index in [0.717, 1.165) is 25.9 Å². The number of hydrogen-bond donors (Lipinski definition) is 3. The second-order valence-electron chi connectivity index (χ2n) is 9.07. The van der Waals surface area contributed by atoms with Crippen molar-refractivity contribution >= 4 is 23.7 Å². The molecule has 0 spiro atoms. The molecule has 3 heterocycles. The van der Waals surface area contributed by atoms with Crippen LogP contribution in [0, 0.1) is 5.41 Å². The first-order chi connectivity index (χ1) is 15.6. The minimum atomic E-state index is -0.685. The maximum absolute atomic E-state index is 12.6. The van der Waals surface area contributed by atoms with Gasteiger partial charge >= 0.3 is 6.03 Å². The van der Waals surface area contributed by atoms with Gasteiger partial charge in [-0.1, -0.05) is 20.8 Å². The van der Waals surface area contributed by atoms with Crippen molar-refractivity contribution in [3.8, 4) is 11.5 Å². The van der Waals surface area contributed by atoms with E-state index >= 15 is 0 Å². The molecule has 0 atom stereocenters. The van der Waals surface area contributed by atoms with Gasteiger partial charge in [0.05, 0.1) is 6.20 Å². The highest BCUT2D eigenvalue weighted by Crippen LogP contribution is 2.22. The Morgan fingerprint density at radius 1 is 1.06 bits per heavy atom. The predicted octanol–water partition coefficient (Wildman–Crippen LogP) is 2.79. The molecule has 0 radical (unpaired) electrons. The van der Waals surface area contributed by atoms with Gasteiger partial charge in [0.1, 0.15) is 23.0 Å². The normalized spacial score (nSPS) is 14.9. The largest absolute Gasteiger partial charge is 0.456 e. The van der Waals surface area contributed by atoms with Crippen molar-refractivity contribution in [1.29, 1.82) is 0 Å². The molecule has 0 bridgehead atoms. The lowest BCUT2D eigenvalue weighted by Gasteiger charge is -2.29. The summed E-state index contributed by atoms with van der Waals surface area (Å²) in [5, 5.41) is 7.79. The molecule has 1 aliphatic heterocycles. The second-order valence-corrected chi connectivity index (χ2v) is 9.07. The fourth-order valence-electron chi connectivity index (χ4n) is 3.10. The Kier molecular flexibility index (Phi) is 7.59. The topological polar surface area (TPSA) is 126 Å². The lowest BCUT2D eigenvalue weighted by molar-refractivity contribution is -0.127. The van der Waals surface area contributed by atoms with Crippen molar-refractivity contribution in [2.24, 2.45) is 5.41 Å². The molecule has 3 N–H and O–H groups in total. The fourth-order valence-corrected chi connectivity index (χ4v) is 3.10. The summed E-state index contributed by atoms with van der Waals surface area (Å²) in [6.45, 7) is 7.04. The molecule has 0 aliphatic carbocycles. The zero-order valence-corrected chi connectivity index (χ0v) is 19.3. The van der Waals surface area contributed by atoms with Crippen molar-refractivity contribution in [2.45, 2.75) is 39.7 Å². The number of carbonyl (C=O) groups is 3. The number of amides is 4. The van der Waals surface area contributed by atoms with Crippen LogP contribution < -0.4 is 20.7 Å². The lowest BCUT2D eigenvalue weighted by atomic mass is 9.96. The van der Waals surface area contributed by atoms with Gasteiger partial charge in [-0.3, -0.25) is 25.2 Å². The van der Waals surface area contributed by atoms with Crippen LogP contribution in [0.25, 0.3) is 0 Å². The summed E-state index contributed by atoms with van der Waals surface area (Å²) in [4.78, 5) is 46.9. The van der Waals surface area contributed by atoms with Gasteiger partial charge in [-0.25, -0.2) is 9.78 Å². The fraction of sp³-hybridized carbons (Fsp3) is 0.435. The number of hydrogen-bond acceptors (Lipinski definition) is 7. The molecule has 1 aliphatic rings. The number of carbonyl (C=O) groups excluding carboxylic acids is 3. The third-order valence-corrected chi connectivity index (χ3v) is 5.14. The molecule has 1 saturated heterocycles. The van der Waals surface area contributed by atoms with E-state index in [0.29, 0.717) is 11.5 Å². The number of piperidine rings is 1. The number of likely N-dealkylation sites (tertiary alicyclic amines) is 1. The SMILES string of the molecule is CN1CCC(NC(=O)c2cc(Oc3ccc(NC(=O)NC(=O)C(C)(C)C)nc3)ccn2)CC1. The van der Waals surface area contributed by atoms with Gasteiger partial charge in [0, 0.05) is 23.7 Å². The van der Waals surface area contributed by atoms with Gasteiger partial charge in [0.15, 0.2) is 0 Å². The molecule has 2 aromatic heterocycles. The predicted molar refractivity (Wildman–Crippen MR) is 123 cm³/mol. The number of pyridine rings is 2. The third kappa shape index (κ3) is 7.25. The van der Waals surface area contributed by atoms with Crippen LogP contribution in [-0.2, 0) is 4.79 Å². The maximum atomic E-state index is 12.6. The summed E-state index contributed by atoms with van der Waals surface area (Å²) in [6, 6.07) is 5.86. The van der Waals surface area contributed by atoms with Crippen LogP contribution in [0.15, 0.2) is 36.7 Å². The standard InChI is InChI=1S/C23H30N6O4/c1-23(2,3)21(31)28-22(32)27-19-6-5-17(14-25-19)33-16-7-10-24-18(13-16)20(30)26-15-8-11-29(4)12-9-15/h5-7,10,13-15H,8-9,11-12H2,1-4H3,(H,26,30)(H2,25,27,28,31,32). The van der Waals surface area contributed by atoms with Crippen LogP contribution in [-0.4, -0.2) is 58.9 Å². The minimum absolute atomic E-state index is 0.139. The number of nitrogens with one attached hydrogen (secondary N) is 3. The number of anilines is 1.